The Balaban J connectivity index is 1.62. The molecule has 0 aliphatic carbocycles. The van der Waals surface area contributed by atoms with Crippen LogP contribution in [0.4, 0.5) is 0 Å². The summed E-state index contributed by atoms with van der Waals surface area (Å²) in [6.07, 6.45) is 5.60. The van der Waals surface area contributed by atoms with E-state index in [9.17, 15) is 0 Å². The molecule has 2 atom stereocenters. The lowest BCUT2D eigenvalue weighted by Crippen LogP contribution is -2.47. The fourth-order valence-electron chi connectivity index (χ4n) is 3.64. The molecular formula is C17H26N2O. The first-order valence-electron chi connectivity index (χ1n) is 7.93. The van der Waals surface area contributed by atoms with Gasteiger partial charge in [0.25, 0.3) is 0 Å². The molecule has 2 aliphatic heterocycles. The first-order chi connectivity index (χ1) is 9.67. The molecule has 3 rings (SSSR count). The molecule has 110 valence electrons. The van der Waals surface area contributed by atoms with Crippen molar-refractivity contribution in [1.29, 1.82) is 0 Å². The summed E-state index contributed by atoms with van der Waals surface area (Å²) >= 11 is 0. The summed E-state index contributed by atoms with van der Waals surface area (Å²) in [4.78, 5) is 6.97. The van der Waals surface area contributed by atoms with Crippen LogP contribution in [0.1, 0.15) is 38.8 Å². The lowest BCUT2D eigenvalue weighted by atomic mass is 9.83. The van der Waals surface area contributed by atoms with Crippen LogP contribution in [-0.4, -0.2) is 35.2 Å². The maximum Gasteiger partial charge on any atom is 0.0813 e. The van der Waals surface area contributed by atoms with Crippen molar-refractivity contribution in [3.63, 3.8) is 0 Å². The summed E-state index contributed by atoms with van der Waals surface area (Å²) in [5.41, 5.74) is 1.30. The van der Waals surface area contributed by atoms with Crippen LogP contribution < -0.4 is 0 Å². The van der Waals surface area contributed by atoms with Crippen LogP contribution in [-0.2, 0) is 11.3 Å². The van der Waals surface area contributed by atoms with E-state index in [1.54, 1.807) is 0 Å². The van der Waals surface area contributed by atoms with Crippen LogP contribution in [0.5, 0.6) is 0 Å². The number of hydrogen-bond donors (Lipinski definition) is 0. The molecule has 3 heteroatoms. The van der Waals surface area contributed by atoms with Crippen LogP contribution in [0.2, 0.25) is 0 Å². The van der Waals surface area contributed by atoms with Gasteiger partial charge in [0, 0.05) is 19.3 Å². The number of ether oxygens (including phenoxy) is 1. The number of nitrogens with zero attached hydrogens (tertiary/aromatic N) is 2. The van der Waals surface area contributed by atoms with E-state index >= 15 is 0 Å². The Hall–Kier alpha value is -0.930. The van der Waals surface area contributed by atoms with E-state index in [4.69, 9.17) is 4.74 Å². The highest BCUT2D eigenvalue weighted by Crippen LogP contribution is 2.40. The molecule has 0 radical (unpaired) electrons. The molecule has 0 amide bonds. The van der Waals surface area contributed by atoms with Crippen molar-refractivity contribution in [1.82, 2.24) is 9.88 Å². The number of likely N-dealkylation sites (tertiary alicyclic amines) is 1. The number of piperidine rings is 1. The van der Waals surface area contributed by atoms with Gasteiger partial charge in [0.2, 0.25) is 0 Å². The predicted molar refractivity (Wildman–Crippen MR) is 80.4 cm³/mol. The normalized spacial score (nSPS) is 31.2. The highest BCUT2D eigenvalue weighted by Gasteiger charge is 2.43. The summed E-state index contributed by atoms with van der Waals surface area (Å²) in [5.74, 6) is 1.48. The summed E-state index contributed by atoms with van der Waals surface area (Å²) in [7, 11) is 0. The van der Waals surface area contributed by atoms with Gasteiger partial charge in [0.15, 0.2) is 0 Å². The highest BCUT2D eigenvalue weighted by molar-refractivity contribution is 5.04. The maximum absolute atomic E-state index is 6.26. The van der Waals surface area contributed by atoms with E-state index in [2.05, 4.69) is 35.9 Å². The van der Waals surface area contributed by atoms with Gasteiger partial charge in [0.05, 0.1) is 17.9 Å². The lowest BCUT2D eigenvalue weighted by molar-refractivity contribution is -0.0538. The molecule has 1 aromatic rings. The molecule has 0 bridgehead atoms. The average Bonchev–Trinajstić information content (AvgIpc) is 2.84. The van der Waals surface area contributed by atoms with E-state index in [1.165, 1.54) is 31.5 Å². The molecule has 0 aromatic carbocycles. The number of rotatable bonds is 3. The standard InChI is InChI=1S/C17H26N2O/c1-14(2)15-10-17(20-12-15)7-5-9-19(13-17)11-16-6-3-4-8-18-16/h3-4,6,8,14-15H,5,7,9-13H2,1-2H3. The van der Waals surface area contributed by atoms with Crippen LogP contribution in [0.15, 0.2) is 24.4 Å². The minimum Gasteiger partial charge on any atom is -0.373 e. The Kier molecular flexibility index (Phi) is 4.08. The van der Waals surface area contributed by atoms with E-state index in [0.717, 1.165) is 31.5 Å². The van der Waals surface area contributed by atoms with Crippen molar-refractivity contribution in [2.75, 3.05) is 19.7 Å². The zero-order valence-corrected chi connectivity index (χ0v) is 12.7. The molecular weight excluding hydrogens is 248 g/mol. The molecule has 3 nitrogen and oxygen atoms in total. The third kappa shape index (κ3) is 3.04. The molecule has 3 heterocycles. The third-order valence-electron chi connectivity index (χ3n) is 4.91. The summed E-state index contributed by atoms with van der Waals surface area (Å²) < 4.78 is 6.26. The fraction of sp³-hybridized carbons (Fsp3) is 0.706. The molecule has 2 fully saturated rings. The Morgan fingerprint density at radius 1 is 1.45 bits per heavy atom. The van der Waals surface area contributed by atoms with Gasteiger partial charge in [-0.2, -0.15) is 0 Å². The molecule has 20 heavy (non-hydrogen) atoms. The molecule has 2 unspecified atom stereocenters. The second-order valence-electron chi connectivity index (χ2n) is 6.84. The van der Waals surface area contributed by atoms with Gasteiger partial charge in [-0.05, 0) is 49.8 Å². The monoisotopic (exact) mass is 274 g/mol. The Labute approximate surface area is 122 Å². The first-order valence-corrected chi connectivity index (χ1v) is 7.93. The molecule has 1 aromatic heterocycles. The van der Waals surface area contributed by atoms with Gasteiger partial charge < -0.3 is 4.74 Å². The minimum atomic E-state index is 0.127. The van der Waals surface area contributed by atoms with E-state index in [-0.39, 0.29) is 5.60 Å². The van der Waals surface area contributed by atoms with E-state index in [0.29, 0.717) is 0 Å². The van der Waals surface area contributed by atoms with Crippen molar-refractivity contribution in [3.05, 3.63) is 30.1 Å². The molecule has 0 N–H and O–H groups in total. The van der Waals surface area contributed by atoms with Crippen molar-refractivity contribution in [2.24, 2.45) is 11.8 Å². The van der Waals surface area contributed by atoms with Crippen molar-refractivity contribution < 1.29 is 4.74 Å². The molecule has 0 saturated carbocycles. The zero-order chi connectivity index (χ0) is 14.0. The minimum absolute atomic E-state index is 0.127. The van der Waals surface area contributed by atoms with Crippen molar-refractivity contribution in [3.8, 4) is 0 Å². The third-order valence-corrected chi connectivity index (χ3v) is 4.91. The van der Waals surface area contributed by atoms with Crippen LogP contribution >= 0.6 is 0 Å². The van der Waals surface area contributed by atoms with Gasteiger partial charge in [0.1, 0.15) is 0 Å². The smallest absolute Gasteiger partial charge is 0.0813 e. The van der Waals surface area contributed by atoms with Gasteiger partial charge in [-0.3, -0.25) is 9.88 Å². The van der Waals surface area contributed by atoms with E-state index in [1.807, 2.05) is 12.3 Å². The van der Waals surface area contributed by atoms with Gasteiger partial charge in [-0.1, -0.05) is 19.9 Å². The maximum atomic E-state index is 6.26. The van der Waals surface area contributed by atoms with Gasteiger partial charge >= 0.3 is 0 Å². The van der Waals surface area contributed by atoms with Crippen molar-refractivity contribution >= 4 is 0 Å². The Bertz CT molecular complexity index is 434. The second kappa shape index (κ2) is 5.82. The molecule has 2 aliphatic rings. The van der Waals surface area contributed by atoms with Gasteiger partial charge in [-0.15, -0.1) is 0 Å². The van der Waals surface area contributed by atoms with Crippen molar-refractivity contribution in [2.45, 2.75) is 45.3 Å². The Morgan fingerprint density at radius 3 is 3.05 bits per heavy atom. The molecule has 2 saturated heterocycles. The highest BCUT2D eigenvalue weighted by atomic mass is 16.5. The van der Waals surface area contributed by atoms with Crippen LogP contribution in [0, 0.1) is 11.8 Å². The molecule has 1 spiro atoms. The number of hydrogen-bond acceptors (Lipinski definition) is 3. The lowest BCUT2D eigenvalue weighted by Gasteiger charge is -2.39. The van der Waals surface area contributed by atoms with Gasteiger partial charge in [-0.25, -0.2) is 0 Å². The van der Waals surface area contributed by atoms with Crippen LogP contribution in [0.25, 0.3) is 0 Å². The summed E-state index contributed by atoms with van der Waals surface area (Å²) in [6, 6.07) is 6.17. The zero-order valence-electron chi connectivity index (χ0n) is 12.7. The topological polar surface area (TPSA) is 25.4 Å². The number of aromatic nitrogens is 1. The second-order valence-corrected chi connectivity index (χ2v) is 6.84. The average molecular weight is 274 g/mol. The predicted octanol–water partition coefficient (Wildman–Crippen LogP) is 3.11. The summed E-state index contributed by atoms with van der Waals surface area (Å²) in [5, 5.41) is 0. The number of pyridine rings is 1. The quantitative estimate of drug-likeness (QED) is 0.847. The Morgan fingerprint density at radius 2 is 2.35 bits per heavy atom. The summed E-state index contributed by atoms with van der Waals surface area (Å²) in [6.45, 7) is 8.80. The van der Waals surface area contributed by atoms with E-state index < -0.39 is 0 Å². The largest absolute Gasteiger partial charge is 0.373 e. The van der Waals surface area contributed by atoms with Crippen LogP contribution in [0.3, 0.4) is 0 Å². The first kappa shape index (κ1) is 14.0. The fourth-order valence-corrected chi connectivity index (χ4v) is 3.64. The SMILES string of the molecule is CC(C)C1COC2(CCCN(Cc3ccccn3)C2)C1.